The maximum atomic E-state index is 10.4. The average Bonchev–Trinajstić information content (AvgIpc) is 2.28. The van der Waals surface area contributed by atoms with Crippen molar-refractivity contribution in [3.05, 3.63) is 21.7 Å². The summed E-state index contributed by atoms with van der Waals surface area (Å²) >= 11 is 3.53. The fraction of sp³-hybridized carbons (Fsp3) is 0.571. The van der Waals surface area contributed by atoms with Crippen LogP contribution in [0.3, 0.4) is 0 Å². The van der Waals surface area contributed by atoms with Crippen molar-refractivity contribution >= 4 is 21.6 Å². The van der Waals surface area contributed by atoms with Crippen LogP contribution in [-0.4, -0.2) is 23.9 Å². The van der Waals surface area contributed by atoms with E-state index in [9.17, 15) is 5.11 Å². The molecule has 0 fully saturated rings. The number of fused-ring (bicyclic) bond motifs is 1. The number of anilines is 1. The van der Waals surface area contributed by atoms with Gasteiger partial charge in [-0.15, -0.1) is 0 Å². The van der Waals surface area contributed by atoms with Gasteiger partial charge in [0.05, 0.1) is 23.2 Å². The highest BCUT2D eigenvalue weighted by Gasteiger charge is 2.41. The fourth-order valence-corrected chi connectivity index (χ4v) is 3.49. The molecule has 0 saturated heterocycles. The Bertz CT molecular complexity index is 485. The predicted molar refractivity (Wildman–Crippen MR) is 77.6 cm³/mol. The molecule has 1 heterocycles. The van der Waals surface area contributed by atoms with Crippen LogP contribution in [0.4, 0.5) is 5.69 Å². The van der Waals surface area contributed by atoms with Crippen molar-refractivity contribution in [2.24, 2.45) is 0 Å². The summed E-state index contributed by atoms with van der Waals surface area (Å²) in [7, 11) is 1.66. The van der Waals surface area contributed by atoms with Gasteiger partial charge in [-0.25, -0.2) is 0 Å². The van der Waals surface area contributed by atoms with Crippen molar-refractivity contribution in [2.75, 3.05) is 12.4 Å². The number of halogens is 1. The second-order valence-corrected chi connectivity index (χ2v) is 6.43. The number of methoxy groups -OCH3 is 1. The lowest BCUT2D eigenvalue weighted by atomic mass is 9.78. The monoisotopic (exact) mass is 313 g/mol. The minimum atomic E-state index is -0.451. The Morgan fingerprint density at radius 1 is 1.44 bits per heavy atom. The number of aliphatic hydroxyl groups excluding tert-OH is 1. The molecule has 2 atom stereocenters. The van der Waals surface area contributed by atoms with Crippen LogP contribution in [0.15, 0.2) is 10.5 Å². The summed E-state index contributed by atoms with van der Waals surface area (Å²) in [6, 6.07) is 2.05. The molecule has 3 nitrogen and oxygen atoms in total. The highest BCUT2D eigenvalue weighted by Crippen LogP contribution is 2.48. The Kier molecular flexibility index (Phi) is 3.36. The van der Waals surface area contributed by atoms with Gasteiger partial charge in [0.2, 0.25) is 0 Å². The largest absolute Gasteiger partial charge is 0.495 e. The molecule has 0 aromatic heterocycles. The van der Waals surface area contributed by atoms with Gasteiger partial charge in [0.1, 0.15) is 5.75 Å². The van der Waals surface area contributed by atoms with Crippen molar-refractivity contribution in [3.8, 4) is 5.75 Å². The quantitative estimate of drug-likeness (QED) is 0.834. The second-order valence-electron chi connectivity index (χ2n) is 5.58. The summed E-state index contributed by atoms with van der Waals surface area (Å²) in [4.78, 5) is 0. The van der Waals surface area contributed by atoms with E-state index in [0.717, 1.165) is 27.0 Å². The fourth-order valence-electron chi connectivity index (χ4n) is 2.77. The van der Waals surface area contributed by atoms with Crippen LogP contribution in [0.25, 0.3) is 0 Å². The summed E-state index contributed by atoms with van der Waals surface area (Å²) in [5, 5.41) is 13.9. The molecule has 2 rings (SSSR count). The van der Waals surface area contributed by atoms with E-state index in [-0.39, 0.29) is 11.5 Å². The van der Waals surface area contributed by atoms with Crippen molar-refractivity contribution in [1.82, 2.24) is 0 Å². The van der Waals surface area contributed by atoms with Crippen molar-refractivity contribution in [1.29, 1.82) is 0 Å². The Morgan fingerprint density at radius 2 is 2.06 bits per heavy atom. The number of hydrogen-bond donors (Lipinski definition) is 2. The number of aryl methyl sites for hydroxylation is 1. The van der Waals surface area contributed by atoms with Crippen molar-refractivity contribution in [2.45, 2.75) is 45.3 Å². The van der Waals surface area contributed by atoms with Gasteiger partial charge in [-0.3, -0.25) is 0 Å². The first kappa shape index (κ1) is 13.7. The van der Waals surface area contributed by atoms with Crippen LogP contribution in [0.1, 0.15) is 37.8 Å². The number of ether oxygens (including phenoxy) is 1. The van der Waals surface area contributed by atoms with Gasteiger partial charge in [0, 0.05) is 17.2 Å². The molecular formula is C14H20BrNO2. The van der Waals surface area contributed by atoms with E-state index < -0.39 is 6.10 Å². The second kappa shape index (κ2) is 4.42. The maximum Gasteiger partial charge on any atom is 0.138 e. The van der Waals surface area contributed by atoms with E-state index in [4.69, 9.17) is 4.74 Å². The SMILES string of the molecule is COc1c(Br)cc(C)c2c1[C@H](C)[C@@H](O)C(C)(C)N2. The van der Waals surface area contributed by atoms with Gasteiger partial charge in [-0.05, 0) is 48.3 Å². The Balaban J connectivity index is 2.70. The third kappa shape index (κ3) is 1.91. The molecule has 0 spiro atoms. The summed E-state index contributed by atoms with van der Waals surface area (Å²) in [6.45, 7) is 8.15. The van der Waals surface area contributed by atoms with Crippen LogP contribution < -0.4 is 10.1 Å². The van der Waals surface area contributed by atoms with E-state index >= 15 is 0 Å². The molecule has 1 aromatic carbocycles. The molecule has 0 unspecified atom stereocenters. The lowest BCUT2D eigenvalue weighted by molar-refractivity contribution is 0.0857. The van der Waals surface area contributed by atoms with Crippen LogP contribution in [0, 0.1) is 6.92 Å². The minimum Gasteiger partial charge on any atom is -0.495 e. The highest BCUT2D eigenvalue weighted by molar-refractivity contribution is 9.10. The highest BCUT2D eigenvalue weighted by atomic mass is 79.9. The third-order valence-electron chi connectivity index (χ3n) is 3.79. The summed E-state index contributed by atoms with van der Waals surface area (Å²) < 4.78 is 6.42. The molecule has 0 amide bonds. The molecule has 100 valence electrons. The molecule has 2 N–H and O–H groups in total. The Hall–Kier alpha value is -0.740. The average molecular weight is 314 g/mol. The van der Waals surface area contributed by atoms with Crippen LogP contribution in [-0.2, 0) is 0 Å². The molecule has 0 bridgehead atoms. The topological polar surface area (TPSA) is 41.5 Å². The van der Waals surface area contributed by atoms with E-state index in [1.807, 2.05) is 26.8 Å². The first-order valence-electron chi connectivity index (χ1n) is 6.12. The molecule has 0 saturated carbocycles. The van der Waals surface area contributed by atoms with Crippen LogP contribution in [0.5, 0.6) is 5.75 Å². The van der Waals surface area contributed by atoms with Crippen molar-refractivity contribution < 1.29 is 9.84 Å². The molecular weight excluding hydrogens is 294 g/mol. The molecule has 18 heavy (non-hydrogen) atoms. The summed E-state index contributed by atoms with van der Waals surface area (Å²) in [5.41, 5.74) is 2.95. The van der Waals surface area contributed by atoms with E-state index in [1.165, 1.54) is 0 Å². The molecule has 1 aliphatic rings. The minimum absolute atomic E-state index is 0.0300. The van der Waals surface area contributed by atoms with Gasteiger partial charge in [-0.1, -0.05) is 6.92 Å². The number of benzene rings is 1. The van der Waals surface area contributed by atoms with Gasteiger partial charge in [0.15, 0.2) is 0 Å². The normalized spacial score (nSPS) is 25.3. The molecule has 0 aliphatic carbocycles. The Labute approximate surface area is 117 Å². The number of rotatable bonds is 1. The van der Waals surface area contributed by atoms with E-state index in [2.05, 4.69) is 28.2 Å². The van der Waals surface area contributed by atoms with E-state index in [0.29, 0.717) is 0 Å². The van der Waals surface area contributed by atoms with Crippen LogP contribution >= 0.6 is 15.9 Å². The molecule has 1 aliphatic heterocycles. The zero-order valence-corrected chi connectivity index (χ0v) is 13.1. The van der Waals surface area contributed by atoms with Crippen molar-refractivity contribution in [3.63, 3.8) is 0 Å². The third-order valence-corrected chi connectivity index (χ3v) is 4.38. The first-order valence-corrected chi connectivity index (χ1v) is 6.92. The first-order chi connectivity index (χ1) is 8.29. The van der Waals surface area contributed by atoms with Gasteiger partial charge < -0.3 is 15.2 Å². The maximum absolute atomic E-state index is 10.4. The van der Waals surface area contributed by atoms with E-state index in [1.54, 1.807) is 7.11 Å². The van der Waals surface area contributed by atoms with Gasteiger partial charge >= 0.3 is 0 Å². The predicted octanol–water partition coefficient (Wildman–Crippen LogP) is 3.43. The smallest absolute Gasteiger partial charge is 0.138 e. The number of aliphatic hydroxyl groups is 1. The zero-order chi connectivity index (χ0) is 13.7. The summed E-state index contributed by atoms with van der Waals surface area (Å²) in [6.07, 6.45) is -0.451. The molecule has 0 radical (unpaired) electrons. The van der Waals surface area contributed by atoms with Gasteiger partial charge in [-0.2, -0.15) is 0 Å². The number of hydrogen-bond acceptors (Lipinski definition) is 3. The standard InChI is InChI=1S/C14H20BrNO2/c1-7-6-9(15)12(18-5)10-8(2)13(17)14(3,4)16-11(7)10/h6,8,13,16-17H,1-5H3/t8-,13+/m0/s1. The summed E-state index contributed by atoms with van der Waals surface area (Å²) in [5.74, 6) is 0.840. The zero-order valence-electron chi connectivity index (χ0n) is 11.5. The number of nitrogens with one attached hydrogen (secondary N) is 1. The van der Waals surface area contributed by atoms with Gasteiger partial charge in [0.25, 0.3) is 0 Å². The lowest BCUT2D eigenvalue weighted by Crippen LogP contribution is -2.50. The lowest BCUT2D eigenvalue weighted by Gasteiger charge is -2.43. The van der Waals surface area contributed by atoms with Crippen LogP contribution in [0.2, 0.25) is 0 Å². The Morgan fingerprint density at radius 3 is 2.61 bits per heavy atom. The molecule has 1 aromatic rings. The molecule has 4 heteroatoms.